The molecule has 2 N–H and O–H groups in total. The molecular formula is C13H13F2NO2. The van der Waals surface area contributed by atoms with Crippen molar-refractivity contribution in [3.63, 3.8) is 0 Å². The van der Waals surface area contributed by atoms with Gasteiger partial charge in [-0.15, -0.1) is 0 Å². The maximum Gasteiger partial charge on any atom is 0.318 e. The zero-order valence-corrected chi connectivity index (χ0v) is 9.66. The first-order chi connectivity index (χ1) is 8.41. The van der Waals surface area contributed by atoms with E-state index in [1.165, 1.54) is 0 Å². The van der Waals surface area contributed by atoms with Gasteiger partial charge in [0.1, 0.15) is 12.0 Å². The number of rotatable bonds is 3. The number of carbonyl (C=O) groups excluding carboxylic acids is 1. The first-order valence-corrected chi connectivity index (χ1v) is 5.79. The van der Waals surface area contributed by atoms with Gasteiger partial charge in [-0.25, -0.2) is 8.78 Å². The number of esters is 1. The molecule has 0 aromatic heterocycles. The Bertz CT molecular complexity index is 495. The molecule has 2 bridgehead atoms. The fourth-order valence-electron chi connectivity index (χ4n) is 2.87. The molecule has 3 aliphatic carbocycles. The second kappa shape index (κ2) is 3.29. The van der Waals surface area contributed by atoms with Crippen LogP contribution in [0.2, 0.25) is 0 Å². The number of hydrogen-bond acceptors (Lipinski definition) is 3. The van der Waals surface area contributed by atoms with Crippen LogP contribution in [0.1, 0.15) is 18.4 Å². The molecule has 3 aliphatic rings. The van der Waals surface area contributed by atoms with Crippen molar-refractivity contribution in [3.05, 3.63) is 35.9 Å². The maximum absolute atomic E-state index is 13.6. The summed E-state index contributed by atoms with van der Waals surface area (Å²) in [6.07, 6.45) is 0.0568. The Labute approximate surface area is 103 Å². The van der Waals surface area contributed by atoms with Crippen molar-refractivity contribution in [3.8, 4) is 0 Å². The number of carbonyl (C=O) groups is 1. The molecule has 0 saturated heterocycles. The van der Waals surface area contributed by atoms with Crippen LogP contribution >= 0.6 is 0 Å². The Morgan fingerprint density at radius 3 is 2.39 bits per heavy atom. The van der Waals surface area contributed by atoms with E-state index in [1.807, 2.05) is 6.07 Å². The first kappa shape index (κ1) is 11.6. The fraction of sp³-hybridized carbons (Fsp3) is 0.462. The minimum absolute atomic E-state index is 0.0229. The molecule has 3 saturated carbocycles. The summed E-state index contributed by atoms with van der Waals surface area (Å²) in [4.78, 5) is 11.8. The molecular weight excluding hydrogens is 240 g/mol. The predicted octanol–water partition coefficient (Wildman–Crippen LogP) is 1.86. The molecule has 0 spiro atoms. The highest BCUT2D eigenvalue weighted by Gasteiger charge is 2.90. The second-order valence-corrected chi connectivity index (χ2v) is 5.23. The average Bonchev–Trinajstić information content (AvgIpc) is 2.34. The average molecular weight is 253 g/mol. The molecule has 1 aromatic carbocycles. The van der Waals surface area contributed by atoms with Crippen LogP contribution in [0.15, 0.2) is 30.3 Å². The van der Waals surface area contributed by atoms with Crippen molar-refractivity contribution in [2.45, 2.75) is 30.9 Å². The smallest absolute Gasteiger partial charge is 0.318 e. The summed E-state index contributed by atoms with van der Waals surface area (Å²) in [6.45, 7) is 0.0229. The van der Waals surface area contributed by atoms with E-state index in [0.717, 1.165) is 5.56 Å². The molecule has 0 heterocycles. The van der Waals surface area contributed by atoms with E-state index in [0.29, 0.717) is 0 Å². The van der Waals surface area contributed by atoms with Gasteiger partial charge >= 0.3 is 5.97 Å². The topological polar surface area (TPSA) is 52.3 Å². The zero-order chi connectivity index (χ0) is 13.0. The van der Waals surface area contributed by atoms with Gasteiger partial charge in [0.15, 0.2) is 0 Å². The number of hydrogen-bond donors (Lipinski definition) is 1. The lowest BCUT2D eigenvalue weighted by Gasteiger charge is -2.71. The van der Waals surface area contributed by atoms with Crippen molar-refractivity contribution in [2.75, 3.05) is 0 Å². The molecule has 96 valence electrons. The van der Waals surface area contributed by atoms with Crippen molar-refractivity contribution < 1.29 is 18.3 Å². The van der Waals surface area contributed by atoms with Gasteiger partial charge in [-0.05, 0) is 18.4 Å². The monoisotopic (exact) mass is 253 g/mol. The molecule has 18 heavy (non-hydrogen) atoms. The van der Waals surface area contributed by atoms with Crippen molar-refractivity contribution in [2.24, 2.45) is 11.1 Å². The van der Waals surface area contributed by atoms with Gasteiger partial charge in [0.25, 0.3) is 5.92 Å². The van der Waals surface area contributed by atoms with Crippen LogP contribution < -0.4 is 5.73 Å². The Hall–Kier alpha value is -1.49. The lowest BCUT2D eigenvalue weighted by atomic mass is 9.36. The molecule has 0 atom stereocenters. The third-order valence-corrected chi connectivity index (χ3v) is 4.06. The Morgan fingerprint density at radius 1 is 1.28 bits per heavy atom. The molecule has 0 radical (unpaired) electrons. The van der Waals surface area contributed by atoms with Gasteiger partial charge in [0.05, 0.1) is 5.54 Å². The Balaban J connectivity index is 1.64. The minimum Gasteiger partial charge on any atom is -0.460 e. The number of alkyl halides is 2. The fourth-order valence-corrected chi connectivity index (χ4v) is 2.87. The Morgan fingerprint density at radius 2 is 1.89 bits per heavy atom. The molecule has 0 aliphatic heterocycles. The number of nitrogens with two attached hydrogens (primary N) is 1. The van der Waals surface area contributed by atoms with Crippen LogP contribution in [0, 0.1) is 5.41 Å². The van der Waals surface area contributed by atoms with Gasteiger partial charge in [0.2, 0.25) is 0 Å². The standard InChI is InChI=1S/C13H13F2NO2/c14-13(15)11(7-12(13,16)8-11)10(17)18-6-9-4-2-1-3-5-9/h1-5H,6-8,16H2. The zero-order valence-electron chi connectivity index (χ0n) is 9.66. The van der Waals surface area contributed by atoms with Crippen molar-refractivity contribution in [1.29, 1.82) is 0 Å². The van der Waals surface area contributed by atoms with E-state index >= 15 is 0 Å². The van der Waals surface area contributed by atoms with Crippen molar-refractivity contribution >= 4 is 5.97 Å². The Kier molecular flexibility index (Phi) is 2.12. The van der Waals surface area contributed by atoms with Crippen LogP contribution in [0.25, 0.3) is 0 Å². The highest BCUT2D eigenvalue weighted by molar-refractivity contribution is 5.84. The summed E-state index contributed by atoms with van der Waals surface area (Å²) in [5.74, 6) is -3.95. The van der Waals surface area contributed by atoms with Crippen LogP contribution in [0.3, 0.4) is 0 Å². The normalized spacial score (nSPS) is 35.3. The van der Waals surface area contributed by atoms with Gasteiger partial charge in [-0.1, -0.05) is 30.3 Å². The summed E-state index contributed by atoms with van der Waals surface area (Å²) < 4.78 is 32.1. The summed E-state index contributed by atoms with van der Waals surface area (Å²) in [5.41, 5.74) is 3.09. The van der Waals surface area contributed by atoms with E-state index in [-0.39, 0.29) is 19.4 Å². The summed E-state index contributed by atoms with van der Waals surface area (Å²) in [5, 5.41) is 0. The SMILES string of the molecule is NC12CC(C(=O)OCc3ccccc3)(C1)C2(F)F. The number of ether oxygens (including phenoxy) is 1. The molecule has 5 heteroatoms. The summed E-state index contributed by atoms with van der Waals surface area (Å²) >= 11 is 0. The molecule has 3 fully saturated rings. The lowest BCUT2D eigenvalue weighted by Crippen LogP contribution is -2.89. The van der Waals surface area contributed by atoms with Gasteiger partial charge in [-0.2, -0.15) is 0 Å². The molecule has 4 rings (SSSR count). The highest BCUT2D eigenvalue weighted by atomic mass is 19.3. The molecule has 0 unspecified atom stereocenters. The summed E-state index contributed by atoms with van der Waals surface area (Å²) in [6, 6.07) is 8.98. The lowest BCUT2D eigenvalue weighted by molar-refractivity contribution is -0.350. The minimum atomic E-state index is -3.12. The van der Waals surface area contributed by atoms with E-state index in [2.05, 4.69) is 0 Å². The molecule has 0 amide bonds. The molecule has 3 nitrogen and oxygen atoms in total. The number of benzene rings is 1. The highest BCUT2D eigenvalue weighted by Crippen LogP contribution is 2.75. The van der Waals surface area contributed by atoms with Gasteiger partial charge in [-0.3, -0.25) is 4.79 Å². The largest absolute Gasteiger partial charge is 0.460 e. The van der Waals surface area contributed by atoms with Crippen LogP contribution in [0.4, 0.5) is 8.78 Å². The van der Waals surface area contributed by atoms with Crippen LogP contribution in [-0.4, -0.2) is 17.4 Å². The van der Waals surface area contributed by atoms with Gasteiger partial charge < -0.3 is 10.5 Å². The maximum atomic E-state index is 13.6. The number of halogens is 2. The first-order valence-electron chi connectivity index (χ1n) is 5.79. The van der Waals surface area contributed by atoms with Crippen molar-refractivity contribution in [1.82, 2.24) is 0 Å². The molecule has 1 aromatic rings. The van der Waals surface area contributed by atoms with E-state index < -0.39 is 22.8 Å². The van der Waals surface area contributed by atoms with E-state index in [4.69, 9.17) is 10.5 Å². The quantitative estimate of drug-likeness (QED) is 0.836. The third-order valence-electron chi connectivity index (χ3n) is 4.06. The second-order valence-electron chi connectivity index (χ2n) is 5.23. The summed E-state index contributed by atoms with van der Waals surface area (Å²) in [7, 11) is 0. The van der Waals surface area contributed by atoms with Gasteiger partial charge in [0, 0.05) is 0 Å². The third kappa shape index (κ3) is 1.17. The van der Waals surface area contributed by atoms with E-state index in [1.54, 1.807) is 24.3 Å². The predicted molar refractivity (Wildman–Crippen MR) is 59.8 cm³/mol. The van der Waals surface area contributed by atoms with Crippen LogP contribution in [-0.2, 0) is 16.1 Å². The van der Waals surface area contributed by atoms with Crippen LogP contribution in [0.5, 0.6) is 0 Å². The van der Waals surface area contributed by atoms with E-state index in [9.17, 15) is 13.6 Å².